The third-order valence-corrected chi connectivity index (χ3v) is 6.15. The number of piperidine rings is 1. The van der Waals surface area contributed by atoms with Crippen LogP contribution < -0.4 is 10.4 Å². The van der Waals surface area contributed by atoms with E-state index in [-0.39, 0.29) is 11.9 Å². The summed E-state index contributed by atoms with van der Waals surface area (Å²) in [6.07, 6.45) is 7.33. The Balaban J connectivity index is 1.57. The fourth-order valence-electron chi connectivity index (χ4n) is 4.50. The van der Waals surface area contributed by atoms with Crippen molar-refractivity contribution >= 4 is 24.2 Å². The van der Waals surface area contributed by atoms with Crippen molar-refractivity contribution in [3.8, 4) is 0 Å². The maximum Gasteiger partial charge on any atom is 0.490 e. The molecule has 0 unspecified atom stereocenters. The van der Waals surface area contributed by atoms with E-state index >= 15 is 0 Å². The first-order chi connectivity index (χ1) is 11.9. The Bertz CT molecular complexity index is 682. The molecule has 1 aromatic heterocycles. The molecule has 2 aliphatic heterocycles. The Kier molecular flexibility index (Phi) is 4.13. The van der Waals surface area contributed by atoms with Crippen molar-refractivity contribution in [2.45, 2.75) is 63.5 Å². The van der Waals surface area contributed by atoms with E-state index in [0.29, 0.717) is 11.5 Å². The maximum absolute atomic E-state index is 13.0. The summed E-state index contributed by atoms with van der Waals surface area (Å²) in [6, 6.07) is 2.48. The number of likely N-dealkylation sites (tertiary alicyclic amines) is 1. The molecule has 0 aromatic carbocycles. The lowest BCUT2D eigenvalue weighted by Crippen LogP contribution is -2.57. The molecule has 1 aromatic rings. The Morgan fingerprint density at radius 2 is 1.84 bits per heavy atom. The van der Waals surface area contributed by atoms with E-state index < -0.39 is 12.5 Å². The number of rotatable bonds is 3. The molecule has 1 aliphatic carbocycles. The lowest BCUT2D eigenvalue weighted by Gasteiger charge is -2.47. The molecule has 134 valence electrons. The molecule has 2 fully saturated rings. The number of hydrogen-bond donors (Lipinski definition) is 2. The van der Waals surface area contributed by atoms with Crippen LogP contribution in [0.15, 0.2) is 12.3 Å². The van der Waals surface area contributed by atoms with Gasteiger partial charge in [0.25, 0.3) is 0 Å². The summed E-state index contributed by atoms with van der Waals surface area (Å²) < 4.78 is 0. The van der Waals surface area contributed by atoms with E-state index in [0.717, 1.165) is 24.2 Å². The van der Waals surface area contributed by atoms with Crippen LogP contribution in [0.25, 0.3) is 0 Å². The molecular formula is C18H26BN3O3. The molecule has 0 radical (unpaired) electrons. The summed E-state index contributed by atoms with van der Waals surface area (Å²) in [6.45, 7) is 6.15. The molecule has 1 amide bonds. The second kappa shape index (κ2) is 6.07. The molecule has 2 N–H and O–H groups in total. The first-order valence-electron chi connectivity index (χ1n) is 9.34. The first-order valence-corrected chi connectivity index (χ1v) is 9.34. The smallest absolute Gasteiger partial charge is 0.423 e. The van der Waals surface area contributed by atoms with Gasteiger partial charge in [-0.3, -0.25) is 9.78 Å². The molecule has 0 bridgehead atoms. The third kappa shape index (κ3) is 2.69. The van der Waals surface area contributed by atoms with Gasteiger partial charge in [0.05, 0.1) is 16.8 Å². The monoisotopic (exact) mass is 343 g/mol. The Hall–Kier alpha value is -1.44. The highest BCUT2D eigenvalue weighted by atomic mass is 16.4. The molecule has 6 nitrogen and oxygen atoms in total. The van der Waals surface area contributed by atoms with Gasteiger partial charge in [0.1, 0.15) is 0 Å². The fraction of sp³-hybridized carbons (Fsp3) is 0.667. The van der Waals surface area contributed by atoms with Crippen molar-refractivity contribution in [2.24, 2.45) is 0 Å². The molecular weight excluding hydrogens is 317 g/mol. The number of carbonyl (C=O) groups excluding carboxylic acids is 1. The van der Waals surface area contributed by atoms with Crippen LogP contribution in [0.1, 0.15) is 51.6 Å². The summed E-state index contributed by atoms with van der Waals surface area (Å²) in [5.41, 5.74) is 1.16. The van der Waals surface area contributed by atoms with Crippen LogP contribution >= 0.6 is 0 Å². The van der Waals surface area contributed by atoms with Crippen molar-refractivity contribution in [2.75, 3.05) is 18.0 Å². The van der Waals surface area contributed by atoms with Crippen LogP contribution in [0.2, 0.25) is 0 Å². The number of fused-ring (bicyclic) bond motifs is 1. The second-order valence-electron chi connectivity index (χ2n) is 8.19. The predicted octanol–water partition coefficient (Wildman–Crippen LogP) is 0.402. The largest absolute Gasteiger partial charge is 0.490 e. The third-order valence-electron chi connectivity index (χ3n) is 6.15. The van der Waals surface area contributed by atoms with Gasteiger partial charge in [0.2, 0.25) is 5.91 Å². The minimum Gasteiger partial charge on any atom is -0.423 e. The normalized spacial score (nSPS) is 28.6. The van der Waals surface area contributed by atoms with Gasteiger partial charge in [-0.1, -0.05) is 6.42 Å². The highest BCUT2D eigenvalue weighted by Crippen LogP contribution is 2.45. The number of anilines is 1. The molecule has 25 heavy (non-hydrogen) atoms. The van der Waals surface area contributed by atoms with E-state index in [1.807, 2.05) is 18.7 Å². The van der Waals surface area contributed by atoms with Crippen LogP contribution in [-0.2, 0) is 10.2 Å². The predicted molar refractivity (Wildman–Crippen MR) is 96.8 cm³/mol. The van der Waals surface area contributed by atoms with Crippen molar-refractivity contribution < 1.29 is 14.8 Å². The Morgan fingerprint density at radius 1 is 1.16 bits per heavy atom. The molecule has 1 saturated heterocycles. The summed E-state index contributed by atoms with van der Waals surface area (Å²) in [4.78, 5) is 21.9. The van der Waals surface area contributed by atoms with Crippen molar-refractivity contribution in [1.82, 2.24) is 9.88 Å². The number of hydrogen-bond acceptors (Lipinski definition) is 5. The van der Waals surface area contributed by atoms with E-state index in [1.165, 1.54) is 38.5 Å². The summed E-state index contributed by atoms with van der Waals surface area (Å²) in [5, 5.41) is 18.9. The molecule has 0 atom stereocenters. The SMILES string of the molecule is CC1(C)C(=O)N(C2CC(N3CCCCC3)C2)c2cc(B(O)O)cnc21. The highest BCUT2D eigenvalue weighted by Gasteiger charge is 2.51. The minimum absolute atomic E-state index is 0.0710. The molecule has 4 rings (SSSR count). The van der Waals surface area contributed by atoms with E-state index in [9.17, 15) is 14.8 Å². The van der Waals surface area contributed by atoms with Crippen LogP contribution in [0.4, 0.5) is 5.69 Å². The first kappa shape index (κ1) is 17.0. The van der Waals surface area contributed by atoms with Crippen LogP contribution in [0.5, 0.6) is 0 Å². The fourth-order valence-corrected chi connectivity index (χ4v) is 4.50. The zero-order valence-electron chi connectivity index (χ0n) is 15.0. The van der Waals surface area contributed by atoms with Gasteiger partial charge in [0.15, 0.2) is 0 Å². The molecule has 0 spiro atoms. The lowest BCUT2D eigenvalue weighted by atomic mass is 9.80. The molecule has 3 aliphatic rings. The van der Waals surface area contributed by atoms with Gasteiger partial charge in [0, 0.05) is 23.7 Å². The van der Waals surface area contributed by atoms with Gasteiger partial charge in [-0.25, -0.2) is 0 Å². The quantitative estimate of drug-likeness (QED) is 0.777. The maximum atomic E-state index is 13.0. The number of amides is 1. The molecule has 1 saturated carbocycles. The Labute approximate surface area is 149 Å². The zero-order valence-corrected chi connectivity index (χ0v) is 15.0. The van der Waals surface area contributed by atoms with Gasteiger partial charge in [-0.05, 0) is 58.7 Å². The van der Waals surface area contributed by atoms with Crippen molar-refractivity contribution in [3.63, 3.8) is 0 Å². The van der Waals surface area contributed by atoms with Gasteiger partial charge < -0.3 is 19.8 Å². The second-order valence-corrected chi connectivity index (χ2v) is 8.19. The average molecular weight is 343 g/mol. The summed E-state index contributed by atoms with van der Waals surface area (Å²) >= 11 is 0. The number of carbonyl (C=O) groups is 1. The molecule has 3 heterocycles. The average Bonchev–Trinajstić information content (AvgIpc) is 2.75. The van der Waals surface area contributed by atoms with Crippen LogP contribution in [0.3, 0.4) is 0 Å². The number of pyridine rings is 1. The topological polar surface area (TPSA) is 76.9 Å². The van der Waals surface area contributed by atoms with E-state index in [4.69, 9.17) is 0 Å². The van der Waals surface area contributed by atoms with Crippen LogP contribution in [0, 0.1) is 0 Å². The number of nitrogens with zero attached hydrogens (tertiary/aromatic N) is 3. The minimum atomic E-state index is -1.57. The van der Waals surface area contributed by atoms with Crippen molar-refractivity contribution in [1.29, 1.82) is 0 Å². The summed E-state index contributed by atoms with van der Waals surface area (Å²) in [7, 11) is -1.57. The molecule has 7 heteroatoms. The Morgan fingerprint density at radius 3 is 2.48 bits per heavy atom. The standard InChI is InChI=1S/C18H26BN3O3/c1-18(2)16-15(8-12(11-20-16)19(24)25)22(17(18)23)14-9-13(10-14)21-6-4-3-5-7-21/h8,11,13-14,24-25H,3-7,9-10H2,1-2H3. The van der Waals surface area contributed by atoms with Gasteiger partial charge in [-0.2, -0.15) is 0 Å². The number of aromatic nitrogens is 1. The lowest BCUT2D eigenvalue weighted by molar-refractivity contribution is -0.123. The van der Waals surface area contributed by atoms with Crippen LogP contribution in [-0.4, -0.2) is 58.1 Å². The van der Waals surface area contributed by atoms with Crippen molar-refractivity contribution in [3.05, 3.63) is 18.0 Å². The van der Waals surface area contributed by atoms with E-state index in [1.54, 1.807) is 6.07 Å². The van der Waals surface area contributed by atoms with Gasteiger partial charge in [-0.15, -0.1) is 0 Å². The summed E-state index contributed by atoms with van der Waals surface area (Å²) in [5.74, 6) is 0.0710. The van der Waals surface area contributed by atoms with Gasteiger partial charge >= 0.3 is 7.12 Å². The van der Waals surface area contributed by atoms with E-state index in [2.05, 4.69) is 9.88 Å². The zero-order chi connectivity index (χ0) is 17.8. The highest BCUT2D eigenvalue weighted by molar-refractivity contribution is 6.58.